The van der Waals surface area contributed by atoms with Gasteiger partial charge >= 0.3 is 0 Å². The van der Waals surface area contributed by atoms with E-state index in [-0.39, 0.29) is 22.8 Å². The number of amides is 2. The molecule has 1 saturated heterocycles. The molecule has 3 rings (SSSR count). The molecule has 0 aromatic carbocycles. The Morgan fingerprint density at radius 3 is 2.91 bits per heavy atom. The van der Waals surface area contributed by atoms with Crippen LogP contribution in [0.25, 0.3) is 0 Å². The largest absolute Gasteiger partial charge is 0.467 e. The van der Waals surface area contributed by atoms with Crippen LogP contribution in [-0.2, 0) is 11.3 Å². The second-order valence-electron chi connectivity index (χ2n) is 5.06. The van der Waals surface area contributed by atoms with Crippen LogP contribution in [0, 0.1) is 0 Å². The molecule has 116 valence electrons. The van der Waals surface area contributed by atoms with E-state index in [0.29, 0.717) is 25.3 Å². The Balaban J connectivity index is 1.64. The molecule has 22 heavy (non-hydrogen) atoms. The van der Waals surface area contributed by atoms with Crippen molar-refractivity contribution in [2.75, 3.05) is 6.54 Å². The second kappa shape index (κ2) is 6.27. The number of carbonyl (C=O) groups excluding carboxylic acids is 2. The summed E-state index contributed by atoms with van der Waals surface area (Å²) in [6, 6.07) is 6.07. The Morgan fingerprint density at radius 1 is 1.36 bits per heavy atom. The van der Waals surface area contributed by atoms with Gasteiger partial charge in [-0.3, -0.25) is 9.59 Å². The van der Waals surface area contributed by atoms with Gasteiger partial charge in [-0.25, -0.2) is 0 Å². The van der Waals surface area contributed by atoms with Gasteiger partial charge in [0, 0.05) is 6.54 Å². The quantitative estimate of drug-likeness (QED) is 0.938. The number of rotatable bonds is 4. The van der Waals surface area contributed by atoms with Crippen LogP contribution in [-0.4, -0.2) is 29.3 Å². The normalized spacial score (nSPS) is 17.7. The Hall–Kier alpha value is -2.21. The molecule has 1 aliphatic heterocycles. The lowest BCUT2D eigenvalue weighted by Gasteiger charge is -2.22. The summed E-state index contributed by atoms with van der Waals surface area (Å²) >= 11 is 5.69. The molecule has 2 aromatic heterocycles. The molecule has 0 radical (unpaired) electrons. The van der Waals surface area contributed by atoms with Gasteiger partial charge in [0.2, 0.25) is 5.91 Å². The van der Waals surface area contributed by atoms with E-state index in [9.17, 15) is 9.59 Å². The van der Waals surface area contributed by atoms with Gasteiger partial charge in [-0.2, -0.15) is 0 Å². The molecule has 1 unspecified atom stereocenters. The summed E-state index contributed by atoms with van der Waals surface area (Å²) in [5.74, 6) is 0.306. The summed E-state index contributed by atoms with van der Waals surface area (Å²) < 4.78 is 10.3. The predicted molar refractivity (Wildman–Crippen MR) is 78.3 cm³/mol. The first-order chi connectivity index (χ1) is 10.6. The molecule has 6 nitrogen and oxygen atoms in total. The number of halogens is 1. The molecule has 0 bridgehead atoms. The summed E-state index contributed by atoms with van der Waals surface area (Å²) in [5, 5.41) is 2.94. The lowest BCUT2D eigenvalue weighted by molar-refractivity contribution is -0.125. The molecule has 1 atom stereocenters. The number of hydrogen-bond donors (Lipinski definition) is 1. The maximum atomic E-state index is 12.4. The van der Waals surface area contributed by atoms with Gasteiger partial charge < -0.3 is 19.1 Å². The van der Waals surface area contributed by atoms with Crippen LogP contribution in [0.5, 0.6) is 0 Å². The maximum absolute atomic E-state index is 12.4. The molecular formula is C15H15ClN2O4. The van der Waals surface area contributed by atoms with Gasteiger partial charge in [-0.1, -0.05) is 0 Å². The molecule has 0 aliphatic carbocycles. The molecule has 0 spiro atoms. The number of hydrogen-bond acceptors (Lipinski definition) is 4. The molecule has 3 heterocycles. The third-order valence-corrected chi connectivity index (χ3v) is 3.82. The summed E-state index contributed by atoms with van der Waals surface area (Å²) in [6.07, 6.45) is 2.96. The van der Waals surface area contributed by atoms with Crippen LogP contribution in [0.3, 0.4) is 0 Å². The monoisotopic (exact) mass is 322 g/mol. The van der Waals surface area contributed by atoms with Crippen molar-refractivity contribution in [2.24, 2.45) is 0 Å². The minimum absolute atomic E-state index is 0.149. The second-order valence-corrected chi connectivity index (χ2v) is 5.43. The Labute approximate surface area is 132 Å². The molecule has 1 N–H and O–H groups in total. The zero-order chi connectivity index (χ0) is 15.5. The predicted octanol–water partition coefficient (Wildman–Crippen LogP) is 2.45. The number of likely N-dealkylation sites (tertiary alicyclic amines) is 1. The van der Waals surface area contributed by atoms with Crippen molar-refractivity contribution < 1.29 is 18.4 Å². The summed E-state index contributed by atoms with van der Waals surface area (Å²) in [5.41, 5.74) is 0. The van der Waals surface area contributed by atoms with Gasteiger partial charge in [0.25, 0.3) is 5.91 Å². The first kappa shape index (κ1) is 14.7. The molecular weight excluding hydrogens is 308 g/mol. The number of nitrogens with one attached hydrogen (secondary N) is 1. The van der Waals surface area contributed by atoms with Crippen molar-refractivity contribution in [3.63, 3.8) is 0 Å². The van der Waals surface area contributed by atoms with Crippen molar-refractivity contribution >= 4 is 23.4 Å². The van der Waals surface area contributed by atoms with Crippen molar-refractivity contribution in [1.29, 1.82) is 0 Å². The smallest absolute Gasteiger partial charge is 0.290 e. The topological polar surface area (TPSA) is 75.7 Å². The average molecular weight is 323 g/mol. The van der Waals surface area contributed by atoms with E-state index in [2.05, 4.69) is 5.32 Å². The maximum Gasteiger partial charge on any atom is 0.290 e. The number of nitrogens with zero attached hydrogens (tertiary/aromatic N) is 1. The highest BCUT2D eigenvalue weighted by molar-refractivity contribution is 6.29. The van der Waals surface area contributed by atoms with Gasteiger partial charge in [-0.05, 0) is 48.7 Å². The van der Waals surface area contributed by atoms with Crippen LogP contribution in [0.1, 0.15) is 29.2 Å². The minimum Gasteiger partial charge on any atom is -0.467 e. The van der Waals surface area contributed by atoms with E-state index in [1.54, 1.807) is 18.4 Å². The molecule has 1 fully saturated rings. The number of carbonyl (C=O) groups is 2. The van der Waals surface area contributed by atoms with Crippen molar-refractivity contribution in [2.45, 2.75) is 25.4 Å². The summed E-state index contributed by atoms with van der Waals surface area (Å²) in [6.45, 7) is 0.826. The van der Waals surface area contributed by atoms with Crippen molar-refractivity contribution in [1.82, 2.24) is 10.2 Å². The van der Waals surface area contributed by atoms with Gasteiger partial charge in [0.15, 0.2) is 11.0 Å². The molecule has 2 amide bonds. The van der Waals surface area contributed by atoms with Crippen LogP contribution in [0.4, 0.5) is 0 Å². The lowest BCUT2D eigenvalue weighted by atomic mass is 10.2. The van der Waals surface area contributed by atoms with Gasteiger partial charge in [0.05, 0.1) is 12.8 Å². The highest BCUT2D eigenvalue weighted by Gasteiger charge is 2.35. The standard InChI is InChI=1S/C15H15ClN2O4/c16-13-6-5-12(22-13)15(20)18-7-1-4-11(18)14(19)17-9-10-3-2-8-21-10/h2-3,5-6,8,11H,1,4,7,9H2,(H,17,19). The fraction of sp³-hybridized carbons (Fsp3) is 0.333. The SMILES string of the molecule is O=C(NCc1ccco1)C1CCCN1C(=O)c1ccc(Cl)o1. The van der Waals surface area contributed by atoms with Crippen LogP contribution < -0.4 is 5.32 Å². The zero-order valence-electron chi connectivity index (χ0n) is 11.8. The minimum atomic E-state index is -0.494. The van der Waals surface area contributed by atoms with Crippen molar-refractivity contribution in [3.05, 3.63) is 47.3 Å². The van der Waals surface area contributed by atoms with Crippen LogP contribution in [0.2, 0.25) is 5.22 Å². The summed E-state index contributed by atoms with van der Waals surface area (Å²) in [7, 11) is 0. The average Bonchev–Trinajstić information content (AvgIpc) is 3.24. The molecule has 7 heteroatoms. The molecule has 0 saturated carbocycles. The van der Waals surface area contributed by atoms with Crippen LogP contribution in [0.15, 0.2) is 39.4 Å². The Morgan fingerprint density at radius 2 is 2.23 bits per heavy atom. The first-order valence-electron chi connectivity index (χ1n) is 7.01. The number of furan rings is 2. The lowest BCUT2D eigenvalue weighted by Crippen LogP contribution is -2.45. The van der Waals surface area contributed by atoms with E-state index in [0.717, 1.165) is 6.42 Å². The van der Waals surface area contributed by atoms with E-state index < -0.39 is 6.04 Å². The summed E-state index contributed by atoms with van der Waals surface area (Å²) in [4.78, 5) is 26.2. The molecule has 2 aromatic rings. The Bertz CT molecular complexity index is 665. The van der Waals surface area contributed by atoms with E-state index in [1.165, 1.54) is 17.0 Å². The van der Waals surface area contributed by atoms with E-state index in [4.69, 9.17) is 20.4 Å². The highest BCUT2D eigenvalue weighted by atomic mass is 35.5. The van der Waals surface area contributed by atoms with E-state index in [1.807, 2.05) is 0 Å². The highest BCUT2D eigenvalue weighted by Crippen LogP contribution is 2.22. The van der Waals surface area contributed by atoms with Gasteiger partial charge in [0.1, 0.15) is 11.8 Å². The van der Waals surface area contributed by atoms with Gasteiger partial charge in [-0.15, -0.1) is 0 Å². The zero-order valence-corrected chi connectivity index (χ0v) is 12.5. The molecule has 1 aliphatic rings. The Kier molecular flexibility index (Phi) is 4.20. The van der Waals surface area contributed by atoms with Crippen molar-refractivity contribution in [3.8, 4) is 0 Å². The third-order valence-electron chi connectivity index (χ3n) is 3.62. The van der Waals surface area contributed by atoms with Crippen LogP contribution >= 0.6 is 11.6 Å². The fourth-order valence-corrected chi connectivity index (χ4v) is 2.70. The third kappa shape index (κ3) is 3.01. The van der Waals surface area contributed by atoms with E-state index >= 15 is 0 Å². The first-order valence-corrected chi connectivity index (χ1v) is 7.39. The fourth-order valence-electron chi connectivity index (χ4n) is 2.56.